The Labute approximate surface area is 65.1 Å². The van der Waals surface area contributed by atoms with Gasteiger partial charge in [0, 0.05) is 18.2 Å². The molecular weight excluding hydrogens is 144 g/mol. The van der Waals surface area contributed by atoms with Crippen molar-refractivity contribution in [1.29, 1.82) is 0 Å². The van der Waals surface area contributed by atoms with Crippen LogP contribution < -0.4 is 11.1 Å². The van der Waals surface area contributed by atoms with E-state index in [4.69, 9.17) is 10.8 Å². The Morgan fingerprint density at radius 2 is 2.55 bits per heavy atom. The van der Waals surface area contributed by atoms with Gasteiger partial charge in [0.1, 0.15) is 0 Å². The zero-order chi connectivity index (χ0) is 8.27. The molecule has 1 unspecified atom stereocenters. The summed E-state index contributed by atoms with van der Waals surface area (Å²) >= 11 is 0. The highest BCUT2D eigenvalue weighted by Gasteiger charge is 2.16. The standard InChI is InChI=1S/C7H12N2O2/c8-6(4-10)3-5-1-2-9-7(5)11/h3,6,10H,1-2,4,8H2,(H,9,11). The molecule has 0 saturated carbocycles. The summed E-state index contributed by atoms with van der Waals surface area (Å²) < 4.78 is 0. The van der Waals surface area contributed by atoms with Crippen molar-refractivity contribution in [2.75, 3.05) is 13.2 Å². The topological polar surface area (TPSA) is 75.3 Å². The van der Waals surface area contributed by atoms with Gasteiger partial charge < -0.3 is 16.2 Å². The first-order chi connectivity index (χ1) is 5.24. The molecule has 0 aromatic carbocycles. The van der Waals surface area contributed by atoms with E-state index in [-0.39, 0.29) is 12.5 Å². The van der Waals surface area contributed by atoms with E-state index in [1.165, 1.54) is 0 Å². The molecule has 1 saturated heterocycles. The summed E-state index contributed by atoms with van der Waals surface area (Å²) in [7, 11) is 0. The Kier molecular flexibility index (Phi) is 2.62. The molecular formula is C7H12N2O2. The Morgan fingerprint density at radius 3 is 3.00 bits per heavy atom. The highest BCUT2D eigenvalue weighted by atomic mass is 16.3. The number of nitrogens with two attached hydrogens (primary N) is 1. The molecule has 0 bridgehead atoms. The predicted octanol–water partition coefficient (Wildman–Crippen LogP) is -1.25. The minimum atomic E-state index is -0.408. The molecule has 0 aromatic heterocycles. The van der Waals surface area contributed by atoms with Crippen LogP contribution >= 0.6 is 0 Å². The smallest absolute Gasteiger partial charge is 0.247 e. The van der Waals surface area contributed by atoms with Crippen LogP contribution in [-0.4, -0.2) is 30.2 Å². The zero-order valence-corrected chi connectivity index (χ0v) is 6.21. The molecule has 0 aromatic rings. The zero-order valence-electron chi connectivity index (χ0n) is 6.21. The first-order valence-corrected chi connectivity index (χ1v) is 3.59. The van der Waals surface area contributed by atoms with Crippen LogP contribution in [0.3, 0.4) is 0 Å². The molecule has 0 radical (unpaired) electrons. The molecule has 0 aliphatic carbocycles. The lowest BCUT2D eigenvalue weighted by molar-refractivity contribution is -0.116. The van der Waals surface area contributed by atoms with Crippen molar-refractivity contribution >= 4 is 5.91 Å². The molecule has 1 aliphatic rings. The lowest BCUT2D eigenvalue weighted by atomic mass is 10.1. The molecule has 1 aliphatic heterocycles. The van der Waals surface area contributed by atoms with Crippen LogP contribution in [0.25, 0.3) is 0 Å². The second kappa shape index (κ2) is 3.50. The lowest BCUT2D eigenvalue weighted by Gasteiger charge is -2.00. The van der Waals surface area contributed by atoms with E-state index in [2.05, 4.69) is 5.32 Å². The second-order valence-corrected chi connectivity index (χ2v) is 2.54. The molecule has 4 N–H and O–H groups in total. The van der Waals surface area contributed by atoms with Crippen LogP contribution in [0.1, 0.15) is 6.42 Å². The van der Waals surface area contributed by atoms with Gasteiger partial charge in [-0.2, -0.15) is 0 Å². The minimum absolute atomic E-state index is 0.0612. The number of amides is 1. The summed E-state index contributed by atoms with van der Waals surface area (Å²) in [5.41, 5.74) is 6.10. The number of aliphatic hydroxyl groups is 1. The van der Waals surface area contributed by atoms with Gasteiger partial charge >= 0.3 is 0 Å². The van der Waals surface area contributed by atoms with Crippen molar-refractivity contribution in [3.05, 3.63) is 11.6 Å². The third-order valence-electron chi connectivity index (χ3n) is 1.60. The predicted molar refractivity (Wildman–Crippen MR) is 40.8 cm³/mol. The third-order valence-corrected chi connectivity index (χ3v) is 1.60. The van der Waals surface area contributed by atoms with Gasteiger partial charge in [0.2, 0.25) is 5.91 Å². The van der Waals surface area contributed by atoms with Gasteiger partial charge in [0.25, 0.3) is 0 Å². The van der Waals surface area contributed by atoms with Crippen molar-refractivity contribution < 1.29 is 9.90 Å². The van der Waals surface area contributed by atoms with Crippen molar-refractivity contribution in [3.63, 3.8) is 0 Å². The average Bonchev–Trinajstić information content (AvgIpc) is 2.37. The second-order valence-electron chi connectivity index (χ2n) is 2.54. The van der Waals surface area contributed by atoms with E-state index in [9.17, 15) is 4.79 Å². The molecule has 1 rings (SSSR count). The Hall–Kier alpha value is -0.870. The normalized spacial score (nSPS) is 23.8. The summed E-state index contributed by atoms with van der Waals surface area (Å²) in [4.78, 5) is 10.9. The van der Waals surface area contributed by atoms with E-state index in [1.807, 2.05) is 0 Å². The van der Waals surface area contributed by atoms with Crippen LogP contribution in [0.2, 0.25) is 0 Å². The molecule has 62 valence electrons. The first kappa shape index (κ1) is 8.23. The first-order valence-electron chi connectivity index (χ1n) is 3.59. The van der Waals surface area contributed by atoms with E-state index >= 15 is 0 Å². The average molecular weight is 156 g/mol. The summed E-state index contributed by atoms with van der Waals surface area (Å²) in [6.07, 6.45) is 2.33. The van der Waals surface area contributed by atoms with Gasteiger partial charge in [-0.05, 0) is 6.42 Å². The Morgan fingerprint density at radius 1 is 1.82 bits per heavy atom. The van der Waals surface area contributed by atoms with Crippen LogP contribution in [-0.2, 0) is 4.79 Å². The molecule has 11 heavy (non-hydrogen) atoms. The lowest BCUT2D eigenvalue weighted by Crippen LogP contribution is -2.23. The van der Waals surface area contributed by atoms with Crippen LogP contribution in [0.5, 0.6) is 0 Å². The summed E-state index contributed by atoms with van der Waals surface area (Å²) in [6, 6.07) is -0.408. The Balaban J connectivity index is 2.57. The fourth-order valence-corrected chi connectivity index (χ4v) is 1.01. The van der Waals surface area contributed by atoms with Gasteiger partial charge in [0.15, 0.2) is 0 Å². The number of carbonyl (C=O) groups excluding carboxylic acids is 1. The summed E-state index contributed by atoms with van der Waals surface area (Å²) in [5, 5.41) is 11.2. The van der Waals surface area contributed by atoms with Crippen LogP contribution in [0.4, 0.5) is 0 Å². The van der Waals surface area contributed by atoms with Gasteiger partial charge in [-0.3, -0.25) is 4.79 Å². The number of aliphatic hydroxyl groups excluding tert-OH is 1. The Bertz CT molecular complexity index is 189. The van der Waals surface area contributed by atoms with E-state index in [1.54, 1.807) is 6.08 Å². The fraction of sp³-hybridized carbons (Fsp3) is 0.571. The molecule has 1 fully saturated rings. The van der Waals surface area contributed by atoms with Crippen LogP contribution in [0.15, 0.2) is 11.6 Å². The van der Waals surface area contributed by atoms with Crippen molar-refractivity contribution in [2.24, 2.45) is 5.73 Å². The van der Waals surface area contributed by atoms with E-state index in [0.717, 1.165) is 0 Å². The van der Waals surface area contributed by atoms with Gasteiger partial charge in [0.05, 0.1) is 6.61 Å². The molecule has 4 heteroatoms. The SMILES string of the molecule is NC(C=C1CCNC1=O)CO. The monoisotopic (exact) mass is 156 g/mol. The molecule has 1 heterocycles. The third kappa shape index (κ3) is 2.03. The summed E-state index contributed by atoms with van der Waals surface area (Å²) in [5.74, 6) is -0.0612. The van der Waals surface area contributed by atoms with Gasteiger partial charge in [-0.1, -0.05) is 6.08 Å². The highest BCUT2D eigenvalue weighted by molar-refractivity contribution is 5.95. The highest BCUT2D eigenvalue weighted by Crippen LogP contribution is 2.07. The van der Waals surface area contributed by atoms with Crippen molar-refractivity contribution in [1.82, 2.24) is 5.32 Å². The quantitative estimate of drug-likeness (QED) is 0.437. The number of rotatable bonds is 2. The molecule has 1 atom stereocenters. The summed E-state index contributed by atoms with van der Waals surface area (Å²) in [6.45, 7) is 0.569. The van der Waals surface area contributed by atoms with Gasteiger partial charge in [-0.25, -0.2) is 0 Å². The van der Waals surface area contributed by atoms with Crippen LogP contribution in [0, 0.1) is 0 Å². The largest absolute Gasteiger partial charge is 0.394 e. The molecule has 1 amide bonds. The number of hydrogen-bond donors (Lipinski definition) is 3. The number of hydrogen-bond acceptors (Lipinski definition) is 3. The number of nitrogens with one attached hydrogen (secondary N) is 1. The van der Waals surface area contributed by atoms with Gasteiger partial charge in [-0.15, -0.1) is 0 Å². The van der Waals surface area contributed by atoms with Crippen molar-refractivity contribution in [2.45, 2.75) is 12.5 Å². The maximum Gasteiger partial charge on any atom is 0.247 e. The maximum absolute atomic E-state index is 10.9. The van der Waals surface area contributed by atoms with E-state index < -0.39 is 6.04 Å². The maximum atomic E-state index is 10.9. The molecule has 0 spiro atoms. The van der Waals surface area contributed by atoms with E-state index in [0.29, 0.717) is 18.5 Å². The minimum Gasteiger partial charge on any atom is -0.394 e. The number of carbonyl (C=O) groups is 1. The molecule has 4 nitrogen and oxygen atoms in total. The fourth-order valence-electron chi connectivity index (χ4n) is 1.01. The van der Waals surface area contributed by atoms with Crippen molar-refractivity contribution in [3.8, 4) is 0 Å².